The van der Waals surface area contributed by atoms with E-state index < -0.39 is 0 Å². The van der Waals surface area contributed by atoms with E-state index >= 15 is 0 Å². The highest BCUT2D eigenvalue weighted by Crippen LogP contribution is 2.39. The van der Waals surface area contributed by atoms with Gasteiger partial charge < -0.3 is 14.4 Å². The van der Waals surface area contributed by atoms with E-state index in [9.17, 15) is 9.59 Å². The van der Waals surface area contributed by atoms with Gasteiger partial charge in [0, 0.05) is 51.7 Å². The van der Waals surface area contributed by atoms with Crippen LogP contribution in [0.3, 0.4) is 0 Å². The average molecular weight is 431 g/mol. The molecule has 2 fully saturated rings. The van der Waals surface area contributed by atoms with Crippen molar-refractivity contribution in [2.45, 2.75) is 64.6 Å². The van der Waals surface area contributed by atoms with Gasteiger partial charge in [0.05, 0.1) is 23.5 Å². The Balaban J connectivity index is 1.60. The zero-order chi connectivity index (χ0) is 22.1. The normalized spacial score (nSPS) is 25.1. The van der Waals surface area contributed by atoms with Crippen molar-refractivity contribution in [2.24, 2.45) is 0 Å². The van der Waals surface area contributed by atoms with Crippen molar-refractivity contribution in [2.75, 3.05) is 42.6 Å². The molecule has 31 heavy (non-hydrogen) atoms. The highest BCUT2D eigenvalue weighted by atomic mass is 16.6. The molecule has 1 unspecified atom stereocenters. The molecule has 0 saturated carbocycles. The van der Waals surface area contributed by atoms with Crippen molar-refractivity contribution in [1.29, 1.82) is 0 Å². The van der Waals surface area contributed by atoms with Crippen LogP contribution in [0.15, 0.2) is 18.2 Å². The Hall–Kier alpha value is -2.16. The first-order chi connectivity index (χ1) is 14.8. The van der Waals surface area contributed by atoms with Gasteiger partial charge >= 0.3 is 6.09 Å². The summed E-state index contributed by atoms with van der Waals surface area (Å²) in [5.41, 5.74) is 6.24. The number of hydrazine groups is 1. The molecule has 3 heterocycles. The molecule has 2 amide bonds. The molecule has 0 radical (unpaired) electrons. The van der Waals surface area contributed by atoms with E-state index in [0.29, 0.717) is 18.5 Å². The maximum atomic E-state index is 12.9. The minimum atomic E-state index is -0.364. The van der Waals surface area contributed by atoms with Crippen molar-refractivity contribution < 1.29 is 19.1 Å². The van der Waals surface area contributed by atoms with Crippen LogP contribution in [-0.4, -0.2) is 68.0 Å². The van der Waals surface area contributed by atoms with E-state index in [1.165, 1.54) is 5.56 Å². The summed E-state index contributed by atoms with van der Waals surface area (Å²) in [6.45, 7) is 11.1. The van der Waals surface area contributed by atoms with Crippen LogP contribution in [0.1, 0.15) is 52.0 Å². The zero-order valence-electron chi connectivity index (χ0n) is 19.0. The minimum absolute atomic E-state index is 0.0217. The van der Waals surface area contributed by atoms with Crippen molar-refractivity contribution in [3.63, 3.8) is 0 Å². The second-order valence-electron chi connectivity index (χ2n) is 9.08. The van der Waals surface area contributed by atoms with E-state index in [4.69, 9.17) is 9.47 Å². The predicted molar refractivity (Wildman–Crippen MR) is 119 cm³/mol. The number of rotatable bonds is 3. The molecule has 8 heteroatoms. The number of fused-ring (bicyclic) bond motifs is 1. The van der Waals surface area contributed by atoms with Crippen LogP contribution in [0.5, 0.6) is 0 Å². The summed E-state index contributed by atoms with van der Waals surface area (Å²) < 4.78 is 11.0. The highest BCUT2D eigenvalue weighted by molar-refractivity contribution is 6.02. The molecule has 0 aromatic heterocycles. The second-order valence-corrected chi connectivity index (χ2v) is 9.08. The topological polar surface area (TPSA) is 74.4 Å². The molecular formula is C23H34N4O4. The van der Waals surface area contributed by atoms with E-state index in [1.807, 2.05) is 26.8 Å². The molecule has 0 aliphatic carbocycles. The third-order valence-electron chi connectivity index (χ3n) is 6.39. The SMILES string of the molecule is CC(=O)N1c2ccc(C3CNN(C4CCOCC4)C3)cc2N(C(=O)OC(C)C)C[C@@H]1C. The number of ether oxygens (including phenoxy) is 2. The van der Waals surface area contributed by atoms with Gasteiger partial charge in [0.25, 0.3) is 0 Å². The number of hydrogen-bond donors (Lipinski definition) is 1. The lowest BCUT2D eigenvalue weighted by Gasteiger charge is -2.40. The third-order valence-corrected chi connectivity index (χ3v) is 6.39. The predicted octanol–water partition coefficient (Wildman–Crippen LogP) is 2.88. The van der Waals surface area contributed by atoms with Crippen LogP contribution in [-0.2, 0) is 14.3 Å². The monoisotopic (exact) mass is 430 g/mol. The van der Waals surface area contributed by atoms with Crippen LogP contribution in [0.2, 0.25) is 0 Å². The lowest BCUT2D eigenvalue weighted by molar-refractivity contribution is -0.117. The lowest BCUT2D eigenvalue weighted by atomic mass is 9.96. The van der Waals surface area contributed by atoms with Gasteiger partial charge in [-0.3, -0.25) is 15.1 Å². The molecule has 3 aliphatic heterocycles. The third kappa shape index (κ3) is 4.56. The van der Waals surface area contributed by atoms with Crippen molar-refractivity contribution in [3.05, 3.63) is 23.8 Å². The zero-order valence-corrected chi connectivity index (χ0v) is 19.0. The summed E-state index contributed by atoms with van der Waals surface area (Å²) in [5.74, 6) is 0.299. The number of anilines is 2. The summed E-state index contributed by atoms with van der Waals surface area (Å²) in [4.78, 5) is 28.7. The molecule has 1 N–H and O–H groups in total. The Morgan fingerprint density at radius 1 is 1.16 bits per heavy atom. The van der Waals surface area contributed by atoms with Gasteiger partial charge in [0.1, 0.15) is 0 Å². The minimum Gasteiger partial charge on any atom is -0.446 e. The lowest BCUT2D eigenvalue weighted by Crippen LogP contribution is -2.51. The Morgan fingerprint density at radius 2 is 1.90 bits per heavy atom. The first-order valence-corrected chi connectivity index (χ1v) is 11.3. The molecule has 8 nitrogen and oxygen atoms in total. The molecule has 2 saturated heterocycles. The Kier molecular flexibility index (Phi) is 6.50. The summed E-state index contributed by atoms with van der Waals surface area (Å²) in [6.07, 6.45) is 1.53. The smallest absolute Gasteiger partial charge is 0.414 e. The molecule has 4 rings (SSSR count). The number of benzene rings is 1. The number of nitrogens with one attached hydrogen (secondary N) is 1. The molecule has 1 aromatic carbocycles. The van der Waals surface area contributed by atoms with E-state index in [1.54, 1.807) is 16.7 Å². The number of amides is 2. The van der Waals surface area contributed by atoms with E-state index in [2.05, 4.69) is 22.6 Å². The highest BCUT2D eigenvalue weighted by Gasteiger charge is 2.36. The number of hydrogen-bond acceptors (Lipinski definition) is 6. The maximum absolute atomic E-state index is 12.9. The second kappa shape index (κ2) is 9.14. The fourth-order valence-corrected chi connectivity index (χ4v) is 4.91. The van der Waals surface area contributed by atoms with Crippen molar-refractivity contribution in [1.82, 2.24) is 10.4 Å². The van der Waals surface area contributed by atoms with Gasteiger partial charge in [-0.15, -0.1) is 0 Å². The molecule has 170 valence electrons. The van der Waals surface area contributed by atoms with Crippen LogP contribution in [0.25, 0.3) is 0 Å². The van der Waals surface area contributed by atoms with Crippen LogP contribution >= 0.6 is 0 Å². The summed E-state index contributed by atoms with van der Waals surface area (Å²) in [5, 5.41) is 2.35. The average Bonchev–Trinajstić information content (AvgIpc) is 3.23. The van der Waals surface area contributed by atoms with Crippen LogP contribution in [0.4, 0.5) is 16.2 Å². The molecule has 3 aliphatic rings. The summed E-state index contributed by atoms with van der Waals surface area (Å²) >= 11 is 0. The molecular weight excluding hydrogens is 396 g/mol. The molecule has 0 spiro atoms. The molecule has 2 atom stereocenters. The Bertz CT molecular complexity index is 824. The largest absolute Gasteiger partial charge is 0.446 e. The Labute approximate surface area is 184 Å². The fourth-order valence-electron chi connectivity index (χ4n) is 4.91. The standard InChI is InChI=1S/C23H34N4O4/c1-15(2)31-23(29)25-13-16(3)27(17(4)28)21-6-5-18(11-22(21)25)19-12-24-26(14-19)20-7-9-30-10-8-20/h5-6,11,15-16,19-20,24H,7-10,12-14H2,1-4H3/t16-,19?/m0/s1. The van der Waals surface area contributed by atoms with Crippen LogP contribution < -0.4 is 15.2 Å². The van der Waals surface area contributed by atoms with Gasteiger partial charge in [0.15, 0.2) is 0 Å². The Morgan fingerprint density at radius 3 is 2.58 bits per heavy atom. The van der Waals surface area contributed by atoms with Gasteiger partial charge in [-0.05, 0) is 51.3 Å². The number of carbonyl (C=O) groups excluding carboxylic acids is 2. The molecule has 0 bridgehead atoms. The summed E-state index contributed by atoms with van der Waals surface area (Å²) in [6, 6.07) is 6.53. The van der Waals surface area contributed by atoms with Crippen molar-refractivity contribution >= 4 is 23.4 Å². The first-order valence-electron chi connectivity index (χ1n) is 11.3. The van der Waals surface area contributed by atoms with Crippen LogP contribution in [0, 0.1) is 0 Å². The fraction of sp³-hybridized carbons (Fsp3) is 0.652. The van der Waals surface area contributed by atoms with Gasteiger partial charge in [0.2, 0.25) is 5.91 Å². The van der Waals surface area contributed by atoms with Gasteiger partial charge in [-0.1, -0.05) is 6.07 Å². The quantitative estimate of drug-likeness (QED) is 0.795. The van der Waals surface area contributed by atoms with E-state index in [-0.39, 0.29) is 24.1 Å². The maximum Gasteiger partial charge on any atom is 0.414 e. The first kappa shape index (κ1) is 22.0. The number of nitrogens with zero attached hydrogens (tertiary/aromatic N) is 3. The summed E-state index contributed by atoms with van der Waals surface area (Å²) in [7, 11) is 0. The molecule has 1 aromatic rings. The van der Waals surface area contributed by atoms with E-state index in [0.717, 1.165) is 50.5 Å². The van der Waals surface area contributed by atoms with Gasteiger partial charge in [-0.25, -0.2) is 9.80 Å². The van der Waals surface area contributed by atoms with Gasteiger partial charge in [-0.2, -0.15) is 0 Å². The number of carbonyl (C=O) groups is 2. The van der Waals surface area contributed by atoms with Crippen molar-refractivity contribution in [3.8, 4) is 0 Å².